The lowest BCUT2D eigenvalue weighted by Crippen LogP contribution is -2.24. The second-order valence-electron chi connectivity index (χ2n) is 5.14. The van der Waals surface area contributed by atoms with Crippen molar-refractivity contribution >= 4 is 0 Å². The molecular formula is C14H16F2N4. The van der Waals surface area contributed by atoms with Crippen molar-refractivity contribution in [3.63, 3.8) is 0 Å². The lowest BCUT2D eigenvalue weighted by molar-refractivity contribution is 0.237. The predicted molar refractivity (Wildman–Crippen MR) is 69.9 cm³/mol. The third-order valence-corrected chi connectivity index (χ3v) is 3.66. The molecule has 6 heteroatoms. The summed E-state index contributed by atoms with van der Waals surface area (Å²) >= 11 is 0. The van der Waals surface area contributed by atoms with Crippen LogP contribution >= 0.6 is 0 Å². The Hall–Kier alpha value is -1.82. The highest BCUT2D eigenvalue weighted by Crippen LogP contribution is 2.31. The Kier molecular flexibility index (Phi) is 3.48. The minimum atomic E-state index is -0.547. The van der Waals surface area contributed by atoms with Crippen LogP contribution in [-0.2, 0) is 6.54 Å². The Morgan fingerprint density at radius 1 is 1.40 bits per heavy atom. The van der Waals surface area contributed by atoms with Crippen molar-refractivity contribution in [2.45, 2.75) is 32.4 Å². The molecule has 1 saturated heterocycles. The van der Waals surface area contributed by atoms with Crippen LogP contribution in [0.2, 0.25) is 0 Å². The van der Waals surface area contributed by atoms with E-state index in [2.05, 4.69) is 20.1 Å². The molecular weight excluding hydrogens is 262 g/mol. The second kappa shape index (κ2) is 5.28. The van der Waals surface area contributed by atoms with Crippen molar-refractivity contribution in [3.05, 3.63) is 47.0 Å². The Morgan fingerprint density at radius 3 is 2.95 bits per heavy atom. The standard InChI is InChI=1S/C14H16F2N4/c1-9-17-14(19-18-9)13-3-2-6-20(13)8-10-4-5-11(15)7-12(10)16/h4-5,7,13H,2-3,6,8H2,1H3,(H,17,18,19)/t13-/m0/s1. The van der Waals surface area contributed by atoms with Crippen LogP contribution in [0.15, 0.2) is 18.2 Å². The van der Waals surface area contributed by atoms with Crippen molar-refractivity contribution in [2.75, 3.05) is 6.54 Å². The summed E-state index contributed by atoms with van der Waals surface area (Å²) in [5, 5.41) is 7.03. The molecule has 2 heterocycles. The quantitative estimate of drug-likeness (QED) is 0.939. The van der Waals surface area contributed by atoms with Gasteiger partial charge in [0.1, 0.15) is 17.5 Å². The SMILES string of the molecule is Cc1nc([C@@H]2CCCN2Cc2ccc(F)cc2F)n[nH]1. The maximum atomic E-state index is 13.7. The van der Waals surface area contributed by atoms with E-state index in [-0.39, 0.29) is 6.04 Å². The normalized spacial score (nSPS) is 19.6. The number of aryl methyl sites for hydroxylation is 1. The average molecular weight is 278 g/mol. The molecule has 0 unspecified atom stereocenters. The fourth-order valence-corrected chi connectivity index (χ4v) is 2.69. The number of H-pyrrole nitrogens is 1. The third-order valence-electron chi connectivity index (χ3n) is 3.66. The van der Waals surface area contributed by atoms with Gasteiger partial charge >= 0.3 is 0 Å². The molecule has 20 heavy (non-hydrogen) atoms. The lowest BCUT2D eigenvalue weighted by atomic mass is 10.1. The van der Waals surface area contributed by atoms with Crippen molar-refractivity contribution in [1.29, 1.82) is 0 Å². The summed E-state index contributed by atoms with van der Waals surface area (Å²) in [6.45, 7) is 3.18. The number of nitrogens with zero attached hydrogens (tertiary/aromatic N) is 3. The zero-order chi connectivity index (χ0) is 14.1. The van der Waals surface area contributed by atoms with Crippen molar-refractivity contribution in [3.8, 4) is 0 Å². The van der Waals surface area contributed by atoms with Gasteiger partial charge in [-0.05, 0) is 32.4 Å². The zero-order valence-corrected chi connectivity index (χ0v) is 11.2. The van der Waals surface area contributed by atoms with E-state index in [0.717, 1.165) is 37.1 Å². The highest BCUT2D eigenvalue weighted by molar-refractivity contribution is 5.19. The molecule has 0 spiro atoms. The van der Waals surface area contributed by atoms with E-state index in [4.69, 9.17) is 0 Å². The molecule has 0 radical (unpaired) electrons. The Labute approximate surface area is 115 Å². The number of aromatic amines is 1. The highest BCUT2D eigenvalue weighted by Gasteiger charge is 2.29. The fourth-order valence-electron chi connectivity index (χ4n) is 2.69. The summed E-state index contributed by atoms with van der Waals surface area (Å²) in [4.78, 5) is 6.50. The van der Waals surface area contributed by atoms with Gasteiger partial charge in [-0.1, -0.05) is 6.07 Å². The van der Waals surface area contributed by atoms with Gasteiger partial charge in [-0.15, -0.1) is 0 Å². The Bertz CT molecular complexity index is 611. The summed E-state index contributed by atoms with van der Waals surface area (Å²) in [6, 6.07) is 3.82. The molecule has 0 saturated carbocycles. The first-order chi connectivity index (χ1) is 9.63. The van der Waals surface area contributed by atoms with Crippen molar-refractivity contribution in [2.24, 2.45) is 0 Å². The number of nitrogens with one attached hydrogen (secondary N) is 1. The van der Waals surface area contributed by atoms with Crippen LogP contribution in [0, 0.1) is 18.6 Å². The first-order valence-corrected chi connectivity index (χ1v) is 6.70. The van der Waals surface area contributed by atoms with E-state index in [1.54, 1.807) is 0 Å². The molecule has 1 atom stereocenters. The van der Waals surface area contributed by atoms with Gasteiger partial charge in [0.05, 0.1) is 6.04 Å². The first kappa shape index (κ1) is 13.2. The smallest absolute Gasteiger partial charge is 0.167 e. The zero-order valence-electron chi connectivity index (χ0n) is 11.2. The molecule has 0 aliphatic carbocycles. The van der Waals surface area contributed by atoms with E-state index in [9.17, 15) is 8.78 Å². The van der Waals surface area contributed by atoms with Gasteiger partial charge in [0, 0.05) is 18.2 Å². The summed E-state index contributed by atoms with van der Waals surface area (Å²) in [5.41, 5.74) is 0.505. The van der Waals surface area contributed by atoms with E-state index >= 15 is 0 Å². The number of halogens is 2. The highest BCUT2D eigenvalue weighted by atomic mass is 19.1. The van der Waals surface area contributed by atoms with Gasteiger partial charge in [-0.3, -0.25) is 10.00 Å². The molecule has 1 aliphatic rings. The molecule has 0 amide bonds. The van der Waals surface area contributed by atoms with Crippen molar-refractivity contribution in [1.82, 2.24) is 20.1 Å². The number of aromatic nitrogens is 3. The number of benzene rings is 1. The van der Waals surface area contributed by atoms with Gasteiger partial charge in [-0.25, -0.2) is 13.8 Å². The Morgan fingerprint density at radius 2 is 2.25 bits per heavy atom. The topological polar surface area (TPSA) is 44.8 Å². The van der Waals surface area contributed by atoms with Crippen LogP contribution in [0.1, 0.15) is 36.1 Å². The van der Waals surface area contributed by atoms with Crippen LogP contribution in [0.3, 0.4) is 0 Å². The number of rotatable bonds is 3. The van der Waals surface area contributed by atoms with Crippen molar-refractivity contribution < 1.29 is 8.78 Å². The summed E-state index contributed by atoms with van der Waals surface area (Å²) in [6.07, 6.45) is 1.99. The maximum Gasteiger partial charge on any atom is 0.167 e. The minimum absolute atomic E-state index is 0.101. The molecule has 106 valence electrons. The van der Waals surface area contributed by atoms with Gasteiger partial charge in [0.15, 0.2) is 5.82 Å². The first-order valence-electron chi connectivity index (χ1n) is 6.70. The minimum Gasteiger partial charge on any atom is -0.289 e. The van der Waals surface area contributed by atoms with Crippen LogP contribution in [-0.4, -0.2) is 26.6 Å². The summed E-state index contributed by atoms with van der Waals surface area (Å²) in [7, 11) is 0. The number of likely N-dealkylation sites (tertiary alicyclic amines) is 1. The number of hydrogen-bond acceptors (Lipinski definition) is 3. The molecule has 2 aromatic rings. The largest absolute Gasteiger partial charge is 0.289 e. The monoisotopic (exact) mass is 278 g/mol. The molecule has 3 rings (SSSR count). The van der Waals surface area contributed by atoms with Gasteiger partial charge in [0.25, 0.3) is 0 Å². The molecule has 1 aromatic carbocycles. The summed E-state index contributed by atoms with van der Waals surface area (Å²) < 4.78 is 26.7. The fraction of sp³-hybridized carbons (Fsp3) is 0.429. The molecule has 1 aromatic heterocycles. The average Bonchev–Trinajstić information content (AvgIpc) is 3.01. The van der Waals surface area contributed by atoms with Gasteiger partial charge < -0.3 is 0 Å². The number of hydrogen-bond donors (Lipinski definition) is 1. The van der Waals surface area contributed by atoms with Gasteiger partial charge in [0.2, 0.25) is 0 Å². The molecule has 1 N–H and O–H groups in total. The molecule has 1 fully saturated rings. The molecule has 1 aliphatic heterocycles. The van der Waals surface area contributed by atoms with Gasteiger partial charge in [-0.2, -0.15) is 5.10 Å². The summed E-state index contributed by atoms with van der Waals surface area (Å²) in [5.74, 6) is 0.484. The van der Waals surface area contributed by atoms with E-state index in [1.165, 1.54) is 12.1 Å². The second-order valence-corrected chi connectivity index (χ2v) is 5.14. The van der Waals surface area contributed by atoms with E-state index in [1.807, 2.05) is 6.92 Å². The van der Waals surface area contributed by atoms with Crippen LogP contribution in [0.4, 0.5) is 8.78 Å². The van der Waals surface area contributed by atoms with E-state index in [0.29, 0.717) is 12.1 Å². The van der Waals surface area contributed by atoms with Crippen LogP contribution < -0.4 is 0 Å². The van der Waals surface area contributed by atoms with Crippen LogP contribution in [0.25, 0.3) is 0 Å². The van der Waals surface area contributed by atoms with E-state index < -0.39 is 11.6 Å². The lowest BCUT2D eigenvalue weighted by Gasteiger charge is -2.22. The molecule has 4 nitrogen and oxygen atoms in total. The Balaban J connectivity index is 1.79. The molecule has 0 bridgehead atoms. The van der Waals surface area contributed by atoms with Crippen LogP contribution in [0.5, 0.6) is 0 Å². The third kappa shape index (κ3) is 2.56. The predicted octanol–water partition coefficient (Wildman–Crippen LogP) is 2.73. The maximum absolute atomic E-state index is 13.7.